The van der Waals surface area contributed by atoms with Crippen LogP contribution < -0.4 is 14.8 Å². The van der Waals surface area contributed by atoms with Gasteiger partial charge in [-0.05, 0) is 49.9 Å². The topological polar surface area (TPSA) is 67.9 Å². The summed E-state index contributed by atoms with van der Waals surface area (Å²) in [6, 6.07) is 12.8. The van der Waals surface area contributed by atoms with Crippen LogP contribution in [0.25, 0.3) is 0 Å². The van der Waals surface area contributed by atoms with E-state index in [1.807, 2.05) is 18.2 Å². The van der Waals surface area contributed by atoms with Crippen molar-refractivity contribution in [2.24, 2.45) is 0 Å². The van der Waals surface area contributed by atoms with Gasteiger partial charge in [-0.15, -0.1) is 0 Å². The molecular weight excluding hydrogens is 356 g/mol. The van der Waals surface area contributed by atoms with Gasteiger partial charge in [0.1, 0.15) is 11.5 Å². The molecule has 2 amide bonds. The number of amides is 2. The lowest BCUT2D eigenvalue weighted by molar-refractivity contribution is 0.0544. The maximum atomic E-state index is 12.8. The molecule has 4 rings (SSSR count). The molecule has 1 heterocycles. The van der Waals surface area contributed by atoms with E-state index in [0.717, 1.165) is 37.1 Å². The van der Waals surface area contributed by atoms with Crippen molar-refractivity contribution in [1.29, 1.82) is 0 Å². The SMILES string of the molecule is COc1ccc(N[C@@H]2CCC[C@@H](N3C(=O)c4ccccc4C3=O)C2)c(OC)c1. The highest BCUT2D eigenvalue weighted by molar-refractivity contribution is 6.21. The first-order chi connectivity index (χ1) is 13.6. The first kappa shape index (κ1) is 18.3. The van der Waals surface area contributed by atoms with Gasteiger partial charge in [-0.2, -0.15) is 0 Å². The smallest absolute Gasteiger partial charge is 0.261 e. The second kappa shape index (κ2) is 7.54. The molecule has 0 spiro atoms. The Kier molecular flexibility index (Phi) is 4.94. The van der Waals surface area contributed by atoms with E-state index < -0.39 is 0 Å². The predicted octanol–water partition coefficient (Wildman–Crippen LogP) is 3.72. The first-order valence-electron chi connectivity index (χ1n) is 9.58. The highest BCUT2D eigenvalue weighted by Gasteiger charge is 2.41. The van der Waals surface area contributed by atoms with Crippen molar-refractivity contribution < 1.29 is 19.1 Å². The van der Waals surface area contributed by atoms with Gasteiger partial charge < -0.3 is 14.8 Å². The number of imide groups is 1. The quantitative estimate of drug-likeness (QED) is 0.801. The van der Waals surface area contributed by atoms with Gasteiger partial charge in [0.05, 0.1) is 31.0 Å². The average Bonchev–Trinajstić information content (AvgIpc) is 2.99. The molecular formula is C22H24N2O4. The Morgan fingerprint density at radius 1 is 0.964 bits per heavy atom. The summed E-state index contributed by atoms with van der Waals surface area (Å²) in [6.07, 6.45) is 3.49. The van der Waals surface area contributed by atoms with E-state index in [1.54, 1.807) is 38.5 Å². The Morgan fingerprint density at radius 3 is 2.32 bits per heavy atom. The molecule has 0 radical (unpaired) electrons. The second-order valence-electron chi connectivity index (χ2n) is 7.25. The maximum absolute atomic E-state index is 12.8. The third-order valence-corrected chi connectivity index (χ3v) is 5.61. The molecule has 28 heavy (non-hydrogen) atoms. The number of carbonyl (C=O) groups excluding carboxylic acids is 2. The molecule has 2 atom stereocenters. The zero-order valence-electron chi connectivity index (χ0n) is 16.1. The van der Waals surface area contributed by atoms with Gasteiger partial charge in [0, 0.05) is 18.2 Å². The Labute approximate surface area is 164 Å². The minimum Gasteiger partial charge on any atom is -0.497 e. The molecule has 0 aromatic heterocycles. The summed E-state index contributed by atoms with van der Waals surface area (Å²) in [6.45, 7) is 0. The maximum Gasteiger partial charge on any atom is 0.261 e. The van der Waals surface area contributed by atoms with Crippen molar-refractivity contribution in [3.63, 3.8) is 0 Å². The van der Waals surface area contributed by atoms with Crippen molar-refractivity contribution in [3.05, 3.63) is 53.6 Å². The number of rotatable bonds is 5. The number of nitrogens with zero attached hydrogens (tertiary/aromatic N) is 1. The van der Waals surface area contributed by atoms with Crippen LogP contribution in [0.5, 0.6) is 11.5 Å². The molecule has 0 bridgehead atoms. The number of fused-ring (bicyclic) bond motifs is 1. The van der Waals surface area contributed by atoms with E-state index in [9.17, 15) is 9.59 Å². The summed E-state index contributed by atoms with van der Waals surface area (Å²) in [7, 11) is 3.25. The van der Waals surface area contributed by atoms with Crippen LogP contribution in [-0.4, -0.2) is 43.0 Å². The molecule has 1 fully saturated rings. The number of anilines is 1. The third-order valence-electron chi connectivity index (χ3n) is 5.61. The first-order valence-corrected chi connectivity index (χ1v) is 9.58. The Morgan fingerprint density at radius 2 is 1.68 bits per heavy atom. The predicted molar refractivity (Wildman–Crippen MR) is 106 cm³/mol. The molecule has 1 aliphatic carbocycles. The minimum atomic E-state index is -0.173. The zero-order valence-corrected chi connectivity index (χ0v) is 16.1. The van der Waals surface area contributed by atoms with E-state index >= 15 is 0 Å². The fourth-order valence-electron chi connectivity index (χ4n) is 4.21. The van der Waals surface area contributed by atoms with Gasteiger partial charge in [0.2, 0.25) is 0 Å². The number of hydrogen-bond donors (Lipinski definition) is 1. The van der Waals surface area contributed by atoms with E-state index in [4.69, 9.17) is 9.47 Å². The van der Waals surface area contributed by atoms with Crippen molar-refractivity contribution in [2.45, 2.75) is 37.8 Å². The lowest BCUT2D eigenvalue weighted by atomic mass is 9.89. The number of carbonyl (C=O) groups is 2. The van der Waals surface area contributed by atoms with Gasteiger partial charge in [-0.1, -0.05) is 12.1 Å². The summed E-state index contributed by atoms with van der Waals surface area (Å²) in [5, 5.41) is 3.53. The Balaban J connectivity index is 1.50. The fourth-order valence-corrected chi connectivity index (χ4v) is 4.21. The standard InChI is InChI=1S/C22H24N2O4/c1-27-16-10-11-19(20(13-16)28-2)23-14-6-5-7-15(12-14)24-21(25)17-8-3-4-9-18(17)22(24)26/h3-4,8-11,13-15,23H,5-7,12H2,1-2H3/t14-,15-/m1/s1. The molecule has 146 valence electrons. The number of hydrogen-bond acceptors (Lipinski definition) is 5. The molecule has 2 aromatic carbocycles. The fraction of sp³-hybridized carbons (Fsp3) is 0.364. The average molecular weight is 380 g/mol. The van der Waals surface area contributed by atoms with Crippen LogP contribution in [-0.2, 0) is 0 Å². The van der Waals surface area contributed by atoms with Gasteiger partial charge in [0.15, 0.2) is 0 Å². The molecule has 1 aliphatic heterocycles. The van der Waals surface area contributed by atoms with Crippen LogP contribution in [0.2, 0.25) is 0 Å². The highest BCUT2D eigenvalue weighted by atomic mass is 16.5. The van der Waals surface area contributed by atoms with Gasteiger partial charge in [-0.3, -0.25) is 14.5 Å². The number of benzene rings is 2. The Hall–Kier alpha value is -3.02. The van der Waals surface area contributed by atoms with Gasteiger partial charge in [0.25, 0.3) is 11.8 Å². The molecule has 1 N–H and O–H groups in total. The van der Waals surface area contributed by atoms with E-state index in [1.165, 1.54) is 4.90 Å². The summed E-state index contributed by atoms with van der Waals surface area (Å²) < 4.78 is 10.7. The largest absolute Gasteiger partial charge is 0.497 e. The number of methoxy groups -OCH3 is 2. The van der Waals surface area contributed by atoms with Crippen molar-refractivity contribution in [1.82, 2.24) is 4.90 Å². The van der Waals surface area contributed by atoms with Crippen LogP contribution in [0.4, 0.5) is 5.69 Å². The van der Waals surface area contributed by atoms with Gasteiger partial charge in [-0.25, -0.2) is 0 Å². The molecule has 0 unspecified atom stereocenters. The summed E-state index contributed by atoms with van der Waals surface area (Å²) in [5.41, 5.74) is 1.91. The van der Waals surface area contributed by atoms with Crippen molar-refractivity contribution >= 4 is 17.5 Å². The second-order valence-corrected chi connectivity index (χ2v) is 7.25. The lowest BCUT2D eigenvalue weighted by Gasteiger charge is -2.35. The van der Waals surface area contributed by atoms with Crippen LogP contribution in [0.3, 0.4) is 0 Å². The zero-order chi connectivity index (χ0) is 19.7. The summed E-state index contributed by atoms with van der Waals surface area (Å²) in [4.78, 5) is 27.0. The molecule has 2 aromatic rings. The molecule has 6 nitrogen and oxygen atoms in total. The van der Waals surface area contributed by atoms with E-state index in [0.29, 0.717) is 16.9 Å². The molecule has 0 saturated heterocycles. The summed E-state index contributed by atoms with van der Waals surface area (Å²) >= 11 is 0. The van der Waals surface area contributed by atoms with Gasteiger partial charge >= 0.3 is 0 Å². The van der Waals surface area contributed by atoms with E-state index in [2.05, 4.69) is 5.32 Å². The Bertz CT molecular complexity index is 876. The third kappa shape index (κ3) is 3.19. The molecule has 2 aliphatic rings. The van der Waals surface area contributed by atoms with Crippen LogP contribution in [0.1, 0.15) is 46.4 Å². The summed E-state index contributed by atoms with van der Waals surface area (Å²) in [5.74, 6) is 1.10. The van der Waals surface area contributed by atoms with Crippen molar-refractivity contribution in [2.75, 3.05) is 19.5 Å². The van der Waals surface area contributed by atoms with Crippen molar-refractivity contribution in [3.8, 4) is 11.5 Å². The highest BCUT2D eigenvalue weighted by Crippen LogP contribution is 2.34. The molecule has 1 saturated carbocycles. The van der Waals surface area contributed by atoms with Crippen LogP contribution in [0.15, 0.2) is 42.5 Å². The monoisotopic (exact) mass is 380 g/mol. The lowest BCUT2D eigenvalue weighted by Crippen LogP contribution is -2.45. The normalized spacial score (nSPS) is 21.4. The molecule has 6 heteroatoms. The number of ether oxygens (including phenoxy) is 2. The van der Waals surface area contributed by atoms with E-state index in [-0.39, 0.29) is 23.9 Å². The number of nitrogens with one attached hydrogen (secondary N) is 1. The van der Waals surface area contributed by atoms with Crippen LogP contribution >= 0.6 is 0 Å². The van der Waals surface area contributed by atoms with Crippen LogP contribution in [0, 0.1) is 0 Å². The minimum absolute atomic E-state index is 0.0945.